The van der Waals surface area contributed by atoms with Crippen LogP contribution in [0.25, 0.3) is 109 Å². The van der Waals surface area contributed by atoms with Crippen molar-refractivity contribution in [1.29, 1.82) is 0 Å². The van der Waals surface area contributed by atoms with Gasteiger partial charge in [0.2, 0.25) is 0 Å². The molecule has 0 spiro atoms. The van der Waals surface area contributed by atoms with Gasteiger partial charge in [-0.1, -0.05) is 200 Å². The third kappa shape index (κ3) is 4.71. The van der Waals surface area contributed by atoms with Gasteiger partial charge in [-0.3, -0.25) is 0 Å². The number of hydrogen-bond donors (Lipinski definition) is 0. The minimum atomic E-state index is 1.22. The van der Waals surface area contributed by atoms with E-state index >= 15 is 0 Å². The minimum absolute atomic E-state index is 1.22. The molecule has 0 saturated heterocycles. The molecule has 0 nitrogen and oxygen atoms in total. The standard InChI is InChI=1S/C54H34/c1-2-14-35(15-3-1)36-26-30-38(31-27-36)52-46-22-10-12-24-48(46)53(49-25-13-11-23-47(49)52)39-32-28-37(29-33-39)50-34-51-42-18-5-4-16-40(42)41-17-6-8-20-44(41)54(51)45-21-9-7-19-43(45)50/h1-34H. The van der Waals surface area contributed by atoms with Crippen LogP contribution in [0.5, 0.6) is 0 Å². The molecule has 0 aromatic heterocycles. The average molecular weight is 683 g/mol. The molecule has 0 saturated carbocycles. The molecule has 11 aromatic carbocycles. The molecule has 0 heterocycles. The lowest BCUT2D eigenvalue weighted by Crippen LogP contribution is -1.91. The fourth-order valence-corrected chi connectivity index (χ4v) is 9.03. The lowest BCUT2D eigenvalue weighted by Gasteiger charge is -2.18. The van der Waals surface area contributed by atoms with Crippen LogP contribution in [0.15, 0.2) is 206 Å². The molecule has 0 heteroatoms. The zero-order chi connectivity index (χ0) is 35.6. The van der Waals surface area contributed by atoms with E-state index in [1.807, 2.05) is 0 Å². The molecule has 0 amide bonds. The number of rotatable bonds is 4. The Balaban J connectivity index is 1.10. The summed E-state index contributed by atoms with van der Waals surface area (Å²) >= 11 is 0. The van der Waals surface area contributed by atoms with E-state index in [4.69, 9.17) is 0 Å². The Morgan fingerprint density at radius 2 is 0.500 bits per heavy atom. The highest BCUT2D eigenvalue weighted by Gasteiger charge is 2.18. The summed E-state index contributed by atoms with van der Waals surface area (Å²) in [6.45, 7) is 0. The van der Waals surface area contributed by atoms with Crippen molar-refractivity contribution in [1.82, 2.24) is 0 Å². The topological polar surface area (TPSA) is 0 Å². The lowest BCUT2D eigenvalue weighted by atomic mass is 9.85. The Morgan fingerprint density at radius 3 is 1.00 bits per heavy atom. The third-order valence-electron chi connectivity index (χ3n) is 11.4. The first-order valence-electron chi connectivity index (χ1n) is 18.8. The van der Waals surface area contributed by atoms with Crippen molar-refractivity contribution in [2.45, 2.75) is 0 Å². The second kappa shape index (κ2) is 12.3. The smallest absolute Gasteiger partial charge is 0.00199 e. The molecule has 11 aromatic rings. The van der Waals surface area contributed by atoms with Crippen molar-refractivity contribution in [2.24, 2.45) is 0 Å². The largest absolute Gasteiger partial charge is 0.0622 e. The van der Waals surface area contributed by atoms with Crippen molar-refractivity contribution >= 4 is 64.6 Å². The Bertz CT molecular complexity index is 3170. The molecule has 54 heavy (non-hydrogen) atoms. The predicted molar refractivity (Wildman–Crippen MR) is 233 cm³/mol. The monoisotopic (exact) mass is 682 g/mol. The van der Waals surface area contributed by atoms with E-state index in [0.29, 0.717) is 0 Å². The van der Waals surface area contributed by atoms with Gasteiger partial charge >= 0.3 is 0 Å². The second-order valence-electron chi connectivity index (χ2n) is 14.3. The zero-order valence-electron chi connectivity index (χ0n) is 29.6. The minimum Gasteiger partial charge on any atom is -0.0622 e. The van der Waals surface area contributed by atoms with Crippen LogP contribution in [0.4, 0.5) is 0 Å². The highest BCUT2D eigenvalue weighted by Crippen LogP contribution is 2.46. The molecule has 0 radical (unpaired) electrons. The van der Waals surface area contributed by atoms with Gasteiger partial charge in [0.1, 0.15) is 0 Å². The third-order valence-corrected chi connectivity index (χ3v) is 11.4. The van der Waals surface area contributed by atoms with Crippen LogP contribution >= 0.6 is 0 Å². The summed E-state index contributed by atoms with van der Waals surface area (Å²) < 4.78 is 0. The molecular weight excluding hydrogens is 649 g/mol. The van der Waals surface area contributed by atoms with Crippen molar-refractivity contribution in [3.63, 3.8) is 0 Å². The van der Waals surface area contributed by atoms with Crippen molar-refractivity contribution in [3.05, 3.63) is 206 Å². The SMILES string of the molecule is c1ccc(-c2ccc(-c3c4ccccc4c(-c4ccc(-c5cc6c7ccccc7c7ccccc7c6c6ccccc56)cc4)c4ccccc34)cc2)cc1. The molecule has 0 aliphatic rings. The van der Waals surface area contributed by atoms with E-state index in [0.717, 1.165) is 0 Å². The average Bonchev–Trinajstić information content (AvgIpc) is 3.25. The van der Waals surface area contributed by atoms with E-state index in [-0.39, 0.29) is 0 Å². The summed E-state index contributed by atoms with van der Waals surface area (Å²) in [5.74, 6) is 0. The van der Waals surface area contributed by atoms with E-state index in [1.165, 1.54) is 109 Å². The van der Waals surface area contributed by atoms with Crippen LogP contribution in [0.2, 0.25) is 0 Å². The van der Waals surface area contributed by atoms with Gasteiger partial charge in [0.05, 0.1) is 0 Å². The Hall–Kier alpha value is -7.02. The lowest BCUT2D eigenvalue weighted by molar-refractivity contribution is 1.61. The van der Waals surface area contributed by atoms with E-state index in [9.17, 15) is 0 Å². The van der Waals surface area contributed by atoms with Crippen LogP contribution in [0.1, 0.15) is 0 Å². The summed E-state index contributed by atoms with van der Waals surface area (Å²) in [6, 6.07) is 75.9. The van der Waals surface area contributed by atoms with Gasteiger partial charge in [0, 0.05) is 0 Å². The molecule has 0 bridgehead atoms. The summed E-state index contributed by atoms with van der Waals surface area (Å²) in [5, 5.41) is 15.5. The van der Waals surface area contributed by atoms with Gasteiger partial charge in [-0.2, -0.15) is 0 Å². The van der Waals surface area contributed by atoms with Crippen LogP contribution in [0, 0.1) is 0 Å². The van der Waals surface area contributed by atoms with Gasteiger partial charge in [-0.05, 0) is 115 Å². The number of hydrogen-bond acceptors (Lipinski definition) is 0. The first kappa shape index (κ1) is 30.6. The summed E-state index contributed by atoms with van der Waals surface area (Å²) in [4.78, 5) is 0. The summed E-state index contributed by atoms with van der Waals surface area (Å²) in [7, 11) is 0. The maximum absolute atomic E-state index is 2.43. The van der Waals surface area contributed by atoms with Gasteiger partial charge in [-0.25, -0.2) is 0 Å². The summed E-state index contributed by atoms with van der Waals surface area (Å²) in [6.07, 6.45) is 0. The fraction of sp³-hybridized carbons (Fsp3) is 0. The van der Waals surface area contributed by atoms with Gasteiger partial charge in [0.15, 0.2) is 0 Å². The Labute approximate surface area is 314 Å². The molecular formula is C54H34. The molecule has 11 rings (SSSR count). The highest BCUT2D eigenvalue weighted by molar-refractivity contribution is 6.33. The first-order valence-corrected chi connectivity index (χ1v) is 18.8. The van der Waals surface area contributed by atoms with Crippen LogP contribution in [-0.4, -0.2) is 0 Å². The van der Waals surface area contributed by atoms with Crippen molar-refractivity contribution in [2.75, 3.05) is 0 Å². The molecule has 0 fully saturated rings. The van der Waals surface area contributed by atoms with Crippen LogP contribution in [0.3, 0.4) is 0 Å². The van der Waals surface area contributed by atoms with E-state index < -0.39 is 0 Å². The Morgan fingerprint density at radius 1 is 0.185 bits per heavy atom. The normalized spacial score (nSPS) is 11.7. The van der Waals surface area contributed by atoms with E-state index in [2.05, 4.69) is 206 Å². The number of fused-ring (bicyclic) bond motifs is 10. The van der Waals surface area contributed by atoms with Crippen LogP contribution in [-0.2, 0) is 0 Å². The predicted octanol–water partition coefficient (Wildman–Crippen LogP) is 15.3. The van der Waals surface area contributed by atoms with Crippen LogP contribution < -0.4 is 0 Å². The van der Waals surface area contributed by atoms with Crippen molar-refractivity contribution < 1.29 is 0 Å². The molecule has 0 aliphatic carbocycles. The zero-order valence-corrected chi connectivity index (χ0v) is 29.6. The molecule has 0 N–H and O–H groups in total. The number of benzene rings is 11. The molecule has 250 valence electrons. The van der Waals surface area contributed by atoms with E-state index in [1.54, 1.807) is 0 Å². The maximum atomic E-state index is 2.43. The molecule has 0 aliphatic heterocycles. The highest BCUT2D eigenvalue weighted by atomic mass is 14.2. The Kier molecular flexibility index (Phi) is 6.97. The van der Waals surface area contributed by atoms with Gasteiger partial charge in [-0.15, -0.1) is 0 Å². The molecule has 0 atom stereocenters. The van der Waals surface area contributed by atoms with Gasteiger partial charge in [0.25, 0.3) is 0 Å². The van der Waals surface area contributed by atoms with Gasteiger partial charge < -0.3 is 0 Å². The van der Waals surface area contributed by atoms with Crippen molar-refractivity contribution in [3.8, 4) is 44.5 Å². The fourth-order valence-electron chi connectivity index (χ4n) is 9.03. The second-order valence-corrected chi connectivity index (χ2v) is 14.3. The summed E-state index contributed by atoms with van der Waals surface area (Å²) in [5.41, 5.74) is 9.95. The molecule has 0 unspecified atom stereocenters. The first-order chi connectivity index (χ1) is 26.8. The maximum Gasteiger partial charge on any atom is -0.00199 e. The quantitative estimate of drug-likeness (QED) is 0.128.